The lowest BCUT2D eigenvalue weighted by Crippen LogP contribution is -2.45. The van der Waals surface area contributed by atoms with Crippen LogP contribution in [0.4, 0.5) is 10.1 Å². The minimum absolute atomic E-state index is 0.642. The summed E-state index contributed by atoms with van der Waals surface area (Å²) in [5.41, 5.74) is 5.70. The zero-order valence-corrected chi connectivity index (χ0v) is 10.1. The molecule has 84 valence electrons. The molecule has 1 atom stereocenters. The van der Waals surface area contributed by atoms with Crippen molar-refractivity contribution in [3.8, 4) is 0 Å². The van der Waals surface area contributed by atoms with Crippen molar-refractivity contribution in [1.82, 2.24) is 9.88 Å². The first-order chi connectivity index (χ1) is 7.16. The van der Waals surface area contributed by atoms with E-state index in [9.17, 15) is 0 Å². The molecule has 15 heavy (non-hydrogen) atoms. The highest BCUT2D eigenvalue weighted by Crippen LogP contribution is 2.27. The fraction of sp³-hybridized carbons (Fsp3) is 0.700. The SMILES string of the molecule is CN(C)C1CCCN(c2ncc(N)s2)C1. The molecule has 1 unspecified atom stereocenters. The van der Waals surface area contributed by atoms with Crippen LogP contribution >= 0.6 is 11.3 Å². The van der Waals surface area contributed by atoms with Gasteiger partial charge in [-0.15, -0.1) is 0 Å². The van der Waals surface area contributed by atoms with Crippen LogP contribution in [0.15, 0.2) is 6.20 Å². The second kappa shape index (κ2) is 4.37. The van der Waals surface area contributed by atoms with Crippen LogP contribution in [0.1, 0.15) is 12.8 Å². The summed E-state index contributed by atoms with van der Waals surface area (Å²) < 4.78 is 0. The molecule has 1 aliphatic rings. The van der Waals surface area contributed by atoms with Crippen molar-refractivity contribution in [2.24, 2.45) is 0 Å². The van der Waals surface area contributed by atoms with E-state index in [2.05, 4.69) is 28.9 Å². The van der Waals surface area contributed by atoms with Gasteiger partial charge in [0.1, 0.15) is 5.00 Å². The summed E-state index contributed by atoms with van der Waals surface area (Å²) in [6, 6.07) is 0.642. The molecule has 1 aromatic rings. The van der Waals surface area contributed by atoms with E-state index in [1.165, 1.54) is 12.8 Å². The lowest BCUT2D eigenvalue weighted by atomic mass is 10.1. The number of hydrogen-bond acceptors (Lipinski definition) is 5. The number of piperidine rings is 1. The molecule has 1 aliphatic heterocycles. The second-order valence-corrected chi connectivity index (χ2v) is 5.29. The van der Waals surface area contributed by atoms with Crippen LogP contribution < -0.4 is 10.6 Å². The van der Waals surface area contributed by atoms with E-state index in [1.54, 1.807) is 17.5 Å². The van der Waals surface area contributed by atoms with Crippen molar-refractivity contribution < 1.29 is 0 Å². The molecule has 1 fully saturated rings. The molecule has 2 heterocycles. The highest BCUT2D eigenvalue weighted by atomic mass is 32.1. The van der Waals surface area contributed by atoms with E-state index in [1.807, 2.05) is 0 Å². The van der Waals surface area contributed by atoms with Crippen molar-refractivity contribution in [2.45, 2.75) is 18.9 Å². The first-order valence-corrected chi connectivity index (χ1v) is 6.11. The van der Waals surface area contributed by atoms with Gasteiger partial charge in [-0.3, -0.25) is 0 Å². The molecule has 0 aromatic carbocycles. The Hall–Kier alpha value is -0.810. The maximum atomic E-state index is 5.70. The van der Waals surface area contributed by atoms with Crippen LogP contribution in [0.5, 0.6) is 0 Å². The predicted octanol–water partition coefficient (Wildman–Crippen LogP) is 1.26. The predicted molar refractivity (Wildman–Crippen MR) is 65.4 cm³/mol. The van der Waals surface area contributed by atoms with Gasteiger partial charge in [0, 0.05) is 19.1 Å². The van der Waals surface area contributed by atoms with E-state index in [-0.39, 0.29) is 0 Å². The zero-order valence-electron chi connectivity index (χ0n) is 9.31. The molecule has 4 nitrogen and oxygen atoms in total. The fourth-order valence-electron chi connectivity index (χ4n) is 1.97. The highest BCUT2D eigenvalue weighted by Gasteiger charge is 2.22. The van der Waals surface area contributed by atoms with E-state index in [0.717, 1.165) is 23.2 Å². The van der Waals surface area contributed by atoms with Gasteiger partial charge in [-0.1, -0.05) is 11.3 Å². The Kier molecular flexibility index (Phi) is 3.11. The van der Waals surface area contributed by atoms with Gasteiger partial charge in [-0.2, -0.15) is 0 Å². The van der Waals surface area contributed by atoms with E-state index < -0.39 is 0 Å². The number of rotatable bonds is 2. The molecular formula is C10H18N4S. The van der Waals surface area contributed by atoms with E-state index in [0.29, 0.717) is 6.04 Å². The molecule has 1 saturated heterocycles. The van der Waals surface area contributed by atoms with Crippen LogP contribution in [-0.2, 0) is 0 Å². The van der Waals surface area contributed by atoms with Gasteiger partial charge in [-0.05, 0) is 26.9 Å². The lowest BCUT2D eigenvalue weighted by Gasteiger charge is -2.35. The number of hydrogen-bond donors (Lipinski definition) is 1. The second-order valence-electron chi connectivity index (χ2n) is 4.25. The molecule has 5 heteroatoms. The Morgan fingerprint density at radius 2 is 2.40 bits per heavy atom. The number of likely N-dealkylation sites (N-methyl/N-ethyl adjacent to an activating group) is 1. The van der Waals surface area contributed by atoms with Gasteiger partial charge in [0.05, 0.1) is 6.20 Å². The quantitative estimate of drug-likeness (QED) is 0.824. The number of aromatic nitrogens is 1. The van der Waals surface area contributed by atoms with E-state index in [4.69, 9.17) is 5.73 Å². The molecule has 2 N–H and O–H groups in total. The molecule has 0 spiro atoms. The van der Waals surface area contributed by atoms with Crippen molar-refractivity contribution in [2.75, 3.05) is 37.8 Å². The molecule has 1 aromatic heterocycles. The van der Waals surface area contributed by atoms with Gasteiger partial charge in [-0.25, -0.2) is 4.98 Å². The first kappa shape index (κ1) is 10.7. The number of nitrogens with two attached hydrogens (primary N) is 1. The van der Waals surface area contributed by atoms with Crippen LogP contribution in [0, 0.1) is 0 Å². The van der Waals surface area contributed by atoms with Crippen LogP contribution in [-0.4, -0.2) is 43.1 Å². The smallest absolute Gasteiger partial charge is 0.187 e. The molecule has 0 radical (unpaired) electrons. The van der Waals surface area contributed by atoms with Crippen molar-refractivity contribution in [3.63, 3.8) is 0 Å². The third-order valence-corrected chi connectivity index (χ3v) is 3.80. The standard InChI is InChI=1S/C10H18N4S/c1-13(2)8-4-3-5-14(7-8)10-12-6-9(11)15-10/h6,8H,3-5,7,11H2,1-2H3. The largest absolute Gasteiger partial charge is 0.389 e. The van der Waals surface area contributed by atoms with Gasteiger partial charge < -0.3 is 15.5 Å². The Morgan fingerprint density at radius 1 is 1.60 bits per heavy atom. The third-order valence-electron chi connectivity index (χ3n) is 2.91. The van der Waals surface area contributed by atoms with Crippen LogP contribution in [0.25, 0.3) is 0 Å². The van der Waals surface area contributed by atoms with Gasteiger partial charge in [0.15, 0.2) is 5.13 Å². The average molecular weight is 226 g/mol. The van der Waals surface area contributed by atoms with E-state index >= 15 is 0 Å². The normalized spacial score (nSPS) is 22.3. The Morgan fingerprint density at radius 3 is 3.00 bits per heavy atom. The first-order valence-electron chi connectivity index (χ1n) is 5.29. The van der Waals surface area contributed by atoms with Crippen LogP contribution in [0.3, 0.4) is 0 Å². The summed E-state index contributed by atoms with van der Waals surface area (Å²) in [5, 5.41) is 1.87. The number of nitrogens with zero attached hydrogens (tertiary/aromatic N) is 3. The minimum Gasteiger partial charge on any atom is -0.389 e. The van der Waals surface area contributed by atoms with Crippen LogP contribution in [0.2, 0.25) is 0 Å². The Bertz CT molecular complexity index is 323. The Labute approximate surface area is 94.7 Å². The summed E-state index contributed by atoms with van der Waals surface area (Å²) in [5.74, 6) is 0. The molecular weight excluding hydrogens is 208 g/mol. The summed E-state index contributed by atoms with van der Waals surface area (Å²) in [4.78, 5) is 8.97. The molecule has 0 bridgehead atoms. The van der Waals surface area contributed by atoms with Gasteiger partial charge in [0.25, 0.3) is 0 Å². The molecule has 0 aliphatic carbocycles. The molecule has 0 amide bonds. The summed E-state index contributed by atoms with van der Waals surface area (Å²) >= 11 is 1.58. The van der Waals surface area contributed by atoms with Gasteiger partial charge >= 0.3 is 0 Å². The zero-order chi connectivity index (χ0) is 10.8. The highest BCUT2D eigenvalue weighted by molar-refractivity contribution is 7.19. The van der Waals surface area contributed by atoms with Crippen molar-refractivity contribution in [3.05, 3.63) is 6.20 Å². The number of anilines is 2. The summed E-state index contributed by atoms with van der Waals surface area (Å²) in [7, 11) is 4.29. The summed E-state index contributed by atoms with van der Waals surface area (Å²) in [6.45, 7) is 2.18. The monoisotopic (exact) mass is 226 g/mol. The Balaban J connectivity index is 2.04. The number of thiazole rings is 1. The third kappa shape index (κ3) is 2.41. The average Bonchev–Trinajstić information content (AvgIpc) is 2.65. The van der Waals surface area contributed by atoms with Crippen molar-refractivity contribution in [1.29, 1.82) is 0 Å². The molecule has 0 saturated carbocycles. The number of nitrogen functional groups attached to an aromatic ring is 1. The van der Waals surface area contributed by atoms with Crippen molar-refractivity contribution >= 4 is 21.5 Å². The maximum absolute atomic E-state index is 5.70. The minimum atomic E-state index is 0.642. The molecule has 2 rings (SSSR count). The summed E-state index contributed by atoms with van der Waals surface area (Å²) in [6.07, 6.45) is 4.27. The maximum Gasteiger partial charge on any atom is 0.187 e. The van der Waals surface area contributed by atoms with Gasteiger partial charge in [0.2, 0.25) is 0 Å². The lowest BCUT2D eigenvalue weighted by molar-refractivity contribution is 0.258. The fourth-order valence-corrected chi connectivity index (χ4v) is 2.69. The topological polar surface area (TPSA) is 45.4 Å².